The zero-order valence-electron chi connectivity index (χ0n) is 22.3. The summed E-state index contributed by atoms with van der Waals surface area (Å²) in [6.07, 6.45) is 0. The first-order valence-corrected chi connectivity index (χ1v) is 13.0. The second-order valence-electron chi connectivity index (χ2n) is 10.3. The summed E-state index contributed by atoms with van der Waals surface area (Å²) >= 11 is 0. The van der Waals surface area contributed by atoms with Crippen LogP contribution in [0.3, 0.4) is 0 Å². The number of carbonyl (C=O) groups excluding carboxylic acids is 1. The molecule has 36 heavy (non-hydrogen) atoms. The van der Waals surface area contributed by atoms with Crippen LogP contribution in [0.1, 0.15) is 49.5 Å². The largest absolute Gasteiger partial charge is 0.496 e. The highest BCUT2D eigenvalue weighted by molar-refractivity contribution is 6.09. The summed E-state index contributed by atoms with van der Waals surface area (Å²) < 4.78 is 5.64. The Morgan fingerprint density at radius 2 is 1.56 bits per heavy atom. The van der Waals surface area contributed by atoms with E-state index in [1.165, 1.54) is 11.3 Å². The van der Waals surface area contributed by atoms with Crippen LogP contribution in [-0.4, -0.2) is 50.6 Å². The van der Waals surface area contributed by atoms with Gasteiger partial charge in [-0.25, -0.2) is 0 Å². The van der Waals surface area contributed by atoms with E-state index in [2.05, 4.69) is 79.2 Å². The van der Waals surface area contributed by atoms with Gasteiger partial charge in [0.15, 0.2) is 0 Å². The van der Waals surface area contributed by atoms with Crippen LogP contribution in [-0.2, 0) is 0 Å². The van der Waals surface area contributed by atoms with Crippen LogP contribution in [0.25, 0.3) is 11.1 Å². The zero-order chi connectivity index (χ0) is 25.7. The van der Waals surface area contributed by atoms with Crippen LogP contribution in [0.4, 0.5) is 11.4 Å². The van der Waals surface area contributed by atoms with Gasteiger partial charge in [-0.05, 0) is 59.4 Å². The molecule has 0 bridgehead atoms. The molecule has 1 aliphatic heterocycles. The van der Waals surface area contributed by atoms with Gasteiger partial charge in [0.1, 0.15) is 5.75 Å². The third-order valence-corrected chi connectivity index (χ3v) is 6.84. The summed E-state index contributed by atoms with van der Waals surface area (Å²) in [6, 6.07) is 22.2. The molecule has 190 valence electrons. The van der Waals surface area contributed by atoms with E-state index in [4.69, 9.17) is 4.74 Å². The number of amides is 1. The third kappa shape index (κ3) is 6.08. The van der Waals surface area contributed by atoms with Crippen molar-refractivity contribution in [3.05, 3.63) is 77.9 Å². The topological polar surface area (TPSA) is 44.8 Å². The Morgan fingerprint density at radius 3 is 2.14 bits per heavy atom. The van der Waals surface area contributed by atoms with Crippen molar-refractivity contribution in [2.24, 2.45) is 5.92 Å². The van der Waals surface area contributed by atoms with Crippen molar-refractivity contribution in [2.45, 2.75) is 33.6 Å². The van der Waals surface area contributed by atoms with E-state index < -0.39 is 0 Å². The molecule has 1 aliphatic rings. The number of benzene rings is 3. The number of rotatable bonds is 8. The maximum absolute atomic E-state index is 13.4. The minimum absolute atomic E-state index is 0.146. The highest BCUT2D eigenvalue weighted by Crippen LogP contribution is 2.35. The maximum atomic E-state index is 13.4. The Morgan fingerprint density at radius 1 is 0.889 bits per heavy atom. The average Bonchev–Trinajstić information content (AvgIpc) is 2.89. The van der Waals surface area contributed by atoms with E-state index in [1.807, 2.05) is 30.3 Å². The predicted molar refractivity (Wildman–Crippen MR) is 150 cm³/mol. The van der Waals surface area contributed by atoms with Crippen molar-refractivity contribution in [1.82, 2.24) is 4.90 Å². The van der Waals surface area contributed by atoms with Crippen LogP contribution in [0, 0.1) is 5.92 Å². The van der Waals surface area contributed by atoms with Crippen LogP contribution in [0.5, 0.6) is 5.75 Å². The molecule has 3 aromatic rings. The van der Waals surface area contributed by atoms with E-state index in [0.29, 0.717) is 23.1 Å². The summed E-state index contributed by atoms with van der Waals surface area (Å²) in [5, 5.41) is 3.09. The molecule has 0 aliphatic carbocycles. The molecule has 5 nitrogen and oxygen atoms in total. The third-order valence-electron chi connectivity index (χ3n) is 6.84. The van der Waals surface area contributed by atoms with Gasteiger partial charge in [-0.2, -0.15) is 0 Å². The molecule has 1 fully saturated rings. The Hall–Kier alpha value is -3.31. The smallest absolute Gasteiger partial charge is 0.256 e. The molecule has 1 heterocycles. The minimum atomic E-state index is -0.146. The molecule has 1 N–H and O–H groups in total. The lowest BCUT2D eigenvalue weighted by atomic mass is 9.95. The number of hydrogen-bond donors (Lipinski definition) is 1. The predicted octanol–water partition coefficient (Wildman–Crippen LogP) is 6.52. The van der Waals surface area contributed by atoms with Crippen molar-refractivity contribution in [3.8, 4) is 16.9 Å². The van der Waals surface area contributed by atoms with Gasteiger partial charge in [0.05, 0.1) is 12.7 Å². The second-order valence-corrected chi connectivity index (χ2v) is 10.3. The lowest BCUT2D eigenvalue weighted by Gasteiger charge is -2.36. The zero-order valence-corrected chi connectivity index (χ0v) is 22.3. The maximum Gasteiger partial charge on any atom is 0.256 e. The summed E-state index contributed by atoms with van der Waals surface area (Å²) in [6.45, 7) is 14.3. The van der Waals surface area contributed by atoms with Crippen molar-refractivity contribution in [1.29, 1.82) is 0 Å². The molecule has 0 spiro atoms. The first-order valence-electron chi connectivity index (χ1n) is 13.0. The van der Waals surface area contributed by atoms with Crippen LogP contribution in [0.2, 0.25) is 0 Å². The molecule has 0 unspecified atom stereocenters. The lowest BCUT2D eigenvalue weighted by molar-refractivity contribution is 0.102. The van der Waals surface area contributed by atoms with E-state index >= 15 is 0 Å². The van der Waals surface area contributed by atoms with Gasteiger partial charge >= 0.3 is 0 Å². The Bertz CT molecular complexity index is 1150. The number of carbonyl (C=O) groups is 1. The Balaban J connectivity index is 1.48. The van der Waals surface area contributed by atoms with E-state index in [0.717, 1.165) is 49.5 Å². The SMILES string of the molecule is COc1cccc(C(=O)Nc2ccc(N3CCN(CC(C)C)CC3)cc2)c1-c1ccc(C(C)C)cc1. The fourth-order valence-corrected chi connectivity index (χ4v) is 4.88. The van der Waals surface area contributed by atoms with Crippen LogP contribution in [0.15, 0.2) is 66.7 Å². The Labute approximate surface area is 216 Å². The second kappa shape index (κ2) is 11.6. The van der Waals surface area contributed by atoms with Crippen molar-refractivity contribution < 1.29 is 9.53 Å². The molecule has 4 rings (SSSR count). The highest BCUT2D eigenvalue weighted by Gasteiger charge is 2.20. The number of nitrogens with zero attached hydrogens (tertiary/aromatic N) is 2. The number of methoxy groups -OCH3 is 1. The van der Waals surface area contributed by atoms with Crippen LogP contribution < -0.4 is 15.0 Å². The molecule has 1 saturated heterocycles. The minimum Gasteiger partial charge on any atom is -0.496 e. The van der Waals surface area contributed by atoms with Crippen molar-refractivity contribution >= 4 is 17.3 Å². The molecule has 0 aromatic heterocycles. The number of hydrogen-bond acceptors (Lipinski definition) is 4. The molecule has 0 atom stereocenters. The fraction of sp³-hybridized carbons (Fsp3) is 0.387. The normalized spacial score (nSPS) is 14.4. The first-order chi connectivity index (χ1) is 17.4. The summed E-state index contributed by atoms with van der Waals surface area (Å²) in [7, 11) is 1.64. The summed E-state index contributed by atoms with van der Waals surface area (Å²) in [4.78, 5) is 18.3. The van der Waals surface area contributed by atoms with Gasteiger partial charge in [0.25, 0.3) is 5.91 Å². The lowest BCUT2D eigenvalue weighted by Crippen LogP contribution is -2.47. The monoisotopic (exact) mass is 485 g/mol. The van der Waals surface area contributed by atoms with Crippen LogP contribution >= 0.6 is 0 Å². The standard InChI is InChI=1S/C31H39N3O2/c1-22(2)21-33-17-19-34(20-18-33)27-15-13-26(14-16-27)32-31(35)28-7-6-8-29(36-5)30(28)25-11-9-24(10-12-25)23(3)4/h6-16,22-23H,17-21H2,1-5H3,(H,32,35). The molecule has 1 amide bonds. The molecule has 3 aromatic carbocycles. The number of anilines is 2. The molecule has 0 radical (unpaired) electrons. The fourth-order valence-electron chi connectivity index (χ4n) is 4.88. The van der Waals surface area contributed by atoms with Gasteiger partial charge < -0.3 is 15.0 Å². The molecular formula is C31H39N3O2. The number of ether oxygens (including phenoxy) is 1. The van der Waals surface area contributed by atoms with Gasteiger partial charge in [-0.15, -0.1) is 0 Å². The van der Waals surface area contributed by atoms with Crippen molar-refractivity contribution in [3.63, 3.8) is 0 Å². The molecule has 0 saturated carbocycles. The van der Waals surface area contributed by atoms with Gasteiger partial charge in [0.2, 0.25) is 0 Å². The van der Waals surface area contributed by atoms with Gasteiger partial charge in [-0.3, -0.25) is 9.69 Å². The van der Waals surface area contributed by atoms with E-state index in [1.54, 1.807) is 7.11 Å². The van der Waals surface area contributed by atoms with E-state index in [9.17, 15) is 4.79 Å². The number of nitrogens with one attached hydrogen (secondary N) is 1. The number of piperazine rings is 1. The first kappa shape index (κ1) is 25.8. The quantitative estimate of drug-likeness (QED) is 0.395. The summed E-state index contributed by atoms with van der Waals surface area (Å²) in [5.74, 6) is 1.69. The summed E-state index contributed by atoms with van der Waals surface area (Å²) in [5.41, 5.74) is 5.62. The molecule has 5 heteroatoms. The highest BCUT2D eigenvalue weighted by atomic mass is 16.5. The van der Waals surface area contributed by atoms with E-state index in [-0.39, 0.29) is 5.91 Å². The van der Waals surface area contributed by atoms with Gasteiger partial charge in [0, 0.05) is 49.7 Å². The molecular weight excluding hydrogens is 446 g/mol. The van der Waals surface area contributed by atoms with Crippen molar-refractivity contribution in [2.75, 3.05) is 50.1 Å². The average molecular weight is 486 g/mol. The Kier molecular flexibility index (Phi) is 8.32. The van der Waals surface area contributed by atoms with Gasteiger partial charge in [-0.1, -0.05) is 58.0 Å².